The Morgan fingerprint density at radius 2 is 1.86 bits per heavy atom. The van der Waals surface area contributed by atoms with Gasteiger partial charge in [-0.2, -0.15) is 0 Å². The fourth-order valence-corrected chi connectivity index (χ4v) is 1.36. The molecule has 3 heteroatoms. The summed E-state index contributed by atoms with van der Waals surface area (Å²) in [5, 5.41) is 8.77. The largest absolute Gasteiger partial charge is 0.480 e. The Labute approximate surface area is 87.1 Å². The summed E-state index contributed by atoms with van der Waals surface area (Å²) >= 11 is 0. The van der Waals surface area contributed by atoms with E-state index >= 15 is 0 Å². The average Bonchev–Trinajstić information content (AvgIpc) is 2.14. The van der Waals surface area contributed by atoms with Crippen molar-refractivity contribution in [2.45, 2.75) is 46.6 Å². The lowest BCUT2D eigenvalue weighted by atomic mass is 10.1. The predicted octanol–water partition coefficient (Wildman–Crippen LogP) is 2.22. The molecule has 0 aromatic heterocycles. The van der Waals surface area contributed by atoms with Crippen molar-refractivity contribution in [3.63, 3.8) is 0 Å². The molecule has 2 atom stereocenters. The van der Waals surface area contributed by atoms with Gasteiger partial charge in [-0.05, 0) is 19.3 Å². The number of hydrogen-bond acceptors (Lipinski definition) is 2. The van der Waals surface area contributed by atoms with Crippen LogP contribution in [0.15, 0.2) is 0 Å². The maximum absolute atomic E-state index is 10.7. The molecule has 0 spiro atoms. The lowest BCUT2D eigenvalue weighted by Crippen LogP contribution is -2.39. The number of hydrogen-bond donors (Lipinski definition) is 1. The third-order valence-corrected chi connectivity index (χ3v) is 2.80. The van der Waals surface area contributed by atoms with Crippen LogP contribution in [0.4, 0.5) is 0 Å². The first kappa shape index (κ1) is 13.4. The smallest absolute Gasteiger partial charge is 0.317 e. The van der Waals surface area contributed by atoms with E-state index in [0.29, 0.717) is 12.0 Å². The first-order chi connectivity index (χ1) is 6.51. The number of rotatable bonds is 7. The maximum atomic E-state index is 10.7. The quantitative estimate of drug-likeness (QED) is 0.686. The molecule has 0 aromatic carbocycles. The fourth-order valence-electron chi connectivity index (χ4n) is 1.36. The molecule has 1 N–H and O–H groups in total. The summed E-state index contributed by atoms with van der Waals surface area (Å²) in [4.78, 5) is 12.7. The normalized spacial score (nSPS) is 15.5. The molecule has 84 valence electrons. The zero-order valence-corrected chi connectivity index (χ0v) is 9.79. The van der Waals surface area contributed by atoms with E-state index in [-0.39, 0.29) is 6.54 Å². The van der Waals surface area contributed by atoms with Crippen LogP contribution in [0.2, 0.25) is 0 Å². The Morgan fingerprint density at radius 1 is 1.29 bits per heavy atom. The van der Waals surface area contributed by atoms with E-state index in [1.807, 2.05) is 0 Å². The van der Waals surface area contributed by atoms with Crippen molar-refractivity contribution in [3.05, 3.63) is 0 Å². The van der Waals surface area contributed by atoms with Crippen LogP contribution in [-0.2, 0) is 4.79 Å². The van der Waals surface area contributed by atoms with E-state index in [1.54, 1.807) is 0 Å². The molecular formula is C11H23NO2. The highest BCUT2D eigenvalue weighted by molar-refractivity contribution is 5.69. The molecule has 2 unspecified atom stereocenters. The Balaban J connectivity index is 4.16. The molecule has 14 heavy (non-hydrogen) atoms. The first-order valence-electron chi connectivity index (χ1n) is 5.47. The molecule has 0 bridgehead atoms. The van der Waals surface area contributed by atoms with Crippen molar-refractivity contribution in [2.75, 3.05) is 13.1 Å². The van der Waals surface area contributed by atoms with Gasteiger partial charge in [0.25, 0.3) is 0 Å². The molecule has 0 aliphatic heterocycles. The Morgan fingerprint density at radius 3 is 2.21 bits per heavy atom. The molecule has 0 radical (unpaired) electrons. The van der Waals surface area contributed by atoms with Crippen LogP contribution in [0.5, 0.6) is 0 Å². The molecular weight excluding hydrogens is 178 g/mol. The van der Waals surface area contributed by atoms with Crippen LogP contribution in [0.25, 0.3) is 0 Å². The maximum Gasteiger partial charge on any atom is 0.317 e. The highest BCUT2D eigenvalue weighted by Crippen LogP contribution is 2.09. The highest BCUT2D eigenvalue weighted by Gasteiger charge is 2.17. The predicted molar refractivity (Wildman–Crippen MR) is 58.4 cm³/mol. The number of nitrogens with zero attached hydrogens (tertiary/aromatic N) is 1. The van der Waals surface area contributed by atoms with E-state index in [1.165, 1.54) is 0 Å². The highest BCUT2D eigenvalue weighted by atomic mass is 16.4. The van der Waals surface area contributed by atoms with Crippen molar-refractivity contribution < 1.29 is 9.90 Å². The summed E-state index contributed by atoms with van der Waals surface area (Å²) in [6, 6.07) is 0.361. The monoisotopic (exact) mass is 201 g/mol. The van der Waals surface area contributed by atoms with Gasteiger partial charge < -0.3 is 5.11 Å². The van der Waals surface area contributed by atoms with Crippen LogP contribution in [0.1, 0.15) is 40.5 Å². The van der Waals surface area contributed by atoms with Gasteiger partial charge in [0.15, 0.2) is 0 Å². The molecule has 0 saturated carbocycles. The van der Waals surface area contributed by atoms with Crippen molar-refractivity contribution in [1.82, 2.24) is 4.90 Å². The number of carboxylic acid groups (broad SMARTS) is 1. The second-order valence-electron chi connectivity index (χ2n) is 4.09. The number of carbonyl (C=O) groups is 1. The van der Waals surface area contributed by atoms with Crippen LogP contribution >= 0.6 is 0 Å². The van der Waals surface area contributed by atoms with Crippen molar-refractivity contribution in [3.8, 4) is 0 Å². The second-order valence-corrected chi connectivity index (χ2v) is 4.09. The van der Waals surface area contributed by atoms with Crippen LogP contribution < -0.4 is 0 Å². The van der Waals surface area contributed by atoms with E-state index < -0.39 is 5.97 Å². The molecule has 0 aliphatic carbocycles. The summed E-state index contributed by atoms with van der Waals surface area (Å²) in [6.45, 7) is 9.54. The van der Waals surface area contributed by atoms with Crippen molar-refractivity contribution in [2.24, 2.45) is 5.92 Å². The van der Waals surface area contributed by atoms with E-state index in [0.717, 1.165) is 19.4 Å². The average molecular weight is 201 g/mol. The number of aliphatic carboxylic acids is 1. The zero-order valence-electron chi connectivity index (χ0n) is 9.79. The van der Waals surface area contributed by atoms with E-state index in [9.17, 15) is 4.79 Å². The van der Waals surface area contributed by atoms with Gasteiger partial charge in [-0.15, -0.1) is 0 Å². The third kappa shape index (κ3) is 5.22. The van der Waals surface area contributed by atoms with Gasteiger partial charge in [-0.25, -0.2) is 0 Å². The van der Waals surface area contributed by atoms with Gasteiger partial charge in [0.1, 0.15) is 0 Å². The standard InChI is InChI=1S/C11H23NO2/c1-5-9(3)7-12(8-11(13)14)10(4)6-2/h9-10H,5-8H2,1-4H3,(H,13,14). The minimum atomic E-state index is -0.728. The summed E-state index contributed by atoms with van der Waals surface area (Å²) in [5.41, 5.74) is 0. The van der Waals surface area contributed by atoms with Crippen LogP contribution in [0, 0.1) is 5.92 Å². The van der Waals surface area contributed by atoms with Gasteiger partial charge in [0.05, 0.1) is 6.54 Å². The third-order valence-electron chi connectivity index (χ3n) is 2.80. The summed E-state index contributed by atoms with van der Waals surface area (Å²) in [5.74, 6) is -0.156. The Hall–Kier alpha value is -0.570. The first-order valence-corrected chi connectivity index (χ1v) is 5.47. The Bertz CT molecular complexity index is 171. The Kier molecular flexibility index (Phi) is 6.54. The zero-order chi connectivity index (χ0) is 11.1. The molecule has 0 saturated heterocycles. The van der Waals surface area contributed by atoms with Gasteiger partial charge in [-0.1, -0.05) is 27.2 Å². The second kappa shape index (κ2) is 6.82. The fraction of sp³-hybridized carbons (Fsp3) is 0.909. The van der Waals surface area contributed by atoms with E-state index in [2.05, 4.69) is 32.6 Å². The minimum absolute atomic E-state index is 0.166. The van der Waals surface area contributed by atoms with Crippen LogP contribution in [-0.4, -0.2) is 35.1 Å². The van der Waals surface area contributed by atoms with Gasteiger partial charge in [0, 0.05) is 12.6 Å². The van der Waals surface area contributed by atoms with E-state index in [4.69, 9.17) is 5.11 Å². The lowest BCUT2D eigenvalue weighted by Gasteiger charge is -2.28. The molecule has 0 heterocycles. The van der Waals surface area contributed by atoms with Gasteiger partial charge >= 0.3 is 5.97 Å². The molecule has 0 aromatic rings. The van der Waals surface area contributed by atoms with Gasteiger partial charge in [-0.3, -0.25) is 9.69 Å². The summed E-state index contributed by atoms with van der Waals surface area (Å²) in [6.07, 6.45) is 2.11. The minimum Gasteiger partial charge on any atom is -0.480 e. The number of carboxylic acids is 1. The molecule has 0 aliphatic rings. The molecule has 0 rings (SSSR count). The SMILES string of the molecule is CCC(C)CN(CC(=O)O)C(C)CC. The lowest BCUT2D eigenvalue weighted by molar-refractivity contribution is -0.139. The molecule has 0 fully saturated rings. The molecule has 3 nitrogen and oxygen atoms in total. The van der Waals surface area contributed by atoms with Gasteiger partial charge in [0.2, 0.25) is 0 Å². The summed E-state index contributed by atoms with van der Waals surface area (Å²) in [7, 11) is 0. The summed E-state index contributed by atoms with van der Waals surface area (Å²) < 4.78 is 0. The van der Waals surface area contributed by atoms with Crippen LogP contribution in [0.3, 0.4) is 0 Å². The molecule has 0 amide bonds. The van der Waals surface area contributed by atoms with Crippen molar-refractivity contribution in [1.29, 1.82) is 0 Å². The van der Waals surface area contributed by atoms with Crippen molar-refractivity contribution >= 4 is 5.97 Å². The topological polar surface area (TPSA) is 40.5 Å².